The number of nitrogens with zero attached hydrogens (tertiary/aromatic N) is 4. The first-order valence-electron chi connectivity index (χ1n) is 10.5. The molecule has 1 aliphatic carbocycles. The number of anilines is 1. The van der Waals surface area contributed by atoms with E-state index < -0.39 is 5.60 Å². The summed E-state index contributed by atoms with van der Waals surface area (Å²) in [5, 5.41) is 1.84. The highest BCUT2D eigenvalue weighted by Crippen LogP contribution is 2.36. The van der Waals surface area contributed by atoms with Gasteiger partial charge in [0.2, 0.25) is 0 Å². The fourth-order valence-electron chi connectivity index (χ4n) is 4.08. The second-order valence-electron chi connectivity index (χ2n) is 9.02. The monoisotopic (exact) mass is 492 g/mol. The summed E-state index contributed by atoms with van der Waals surface area (Å²) >= 11 is 5.18. The summed E-state index contributed by atoms with van der Waals surface area (Å²) in [5.41, 5.74) is 1.65. The predicted octanol–water partition coefficient (Wildman–Crippen LogP) is 5.48. The van der Waals surface area contributed by atoms with Crippen LogP contribution in [0.1, 0.15) is 46.5 Å². The molecule has 1 aromatic carbocycles. The van der Waals surface area contributed by atoms with Crippen LogP contribution in [0.5, 0.6) is 0 Å². The molecule has 2 fully saturated rings. The number of fused-ring (bicyclic) bond motifs is 1. The normalized spacial score (nSPS) is 18.0. The molecule has 0 radical (unpaired) electrons. The van der Waals surface area contributed by atoms with Crippen LogP contribution >= 0.6 is 27.7 Å². The minimum atomic E-state index is -0.461. The summed E-state index contributed by atoms with van der Waals surface area (Å²) < 4.78 is 6.69. The number of thioether (sulfide) groups is 1. The van der Waals surface area contributed by atoms with E-state index in [1.165, 1.54) is 0 Å². The van der Waals surface area contributed by atoms with Gasteiger partial charge in [-0.05, 0) is 80.8 Å². The van der Waals surface area contributed by atoms with Crippen molar-refractivity contribution in [1.29, 1.82) is 0 Å². The molecule has 2 aliphatic rings. The summed E-state index contributed by atoms with van der Waals surface area (Å²) in [6.07, 6.45) is 7.82. The number of amides is 1. The molecule has 8 heteroatoms. The van der Waals surface area contributed by atoms with Gasteiger partial charge in [0.1, 0.15) is 5.60 Å². The molecule has 162 valence electrons. The number of benzene rings is 1. The molecule has 0 N–H and O–H groups in total. The zero-order valence-electron chi connectivity index (χ0n) is 18.0. The molecule has 0 atom stereocenters. The van der Waals surface area contributed by atoms with Crippen LogP contribution in [0.15, 0.2) is 28.0 Å². The smallest absolute Gasteiger partial charge is 0.410 e. The molecule has 0 unspecified atom stereocenters. The topological polar surface area (TPSA) is 58.6 Å². The van der Waals surface area contributed by atoms with Gasteiger partial charge in [-0.2, -0.15) is 0 Å². The highest BCUT2D eigenvalue weighted by atomic mass is 79.9. The van der Waals surface area contributed by atoms with Crippen molar-refractivity contribution in [2.24, 2.45) is 0 Å². The average molecular weight is 493 g/mol. The molecule has 4 rings (SSSR count). The van der Waals surface area contributed by atoms with Gasteiger partial charge in [-0.3, -0.25) is 0 Å². The van der Waals surface area contributed by atoms with Crippen molar-refractivity contribution >= 4 is 50.4 Å². The zero-order valence-corrected chi connectivity index (χ0v) is 20.4. The van der Waals surface area contributed by atoms with Gasteiger partial charge < -0.3 is 14.5 Å². The maximum Gasteiger partial charge on any atom is 0.410 e. The molecule has 2 aromatic rings. The number of hydrogen-bond donors (Lipinski definition) is 0. The van der Waals surface area contributed by atoms with Crippen molar-refractivity contribution in [2.45, 2.75) is 69.3 Å². The van der Waals surface area contributed by atoms with E-state index in [2.05, 4.69) is 42.9 Å². The Hall–Kier alpha value is -1.54. The molecule has 0 bridgehead atoms. The van der Waals surface area contributed by atoms with Crippen molar-refractivity contribution < 1.29 is 9.53 Å². The Morgan fingerprint density at radius 1 is 1.20 bits per heavy atom. The Kier molecular flexibility index (Phi) is 6.17. The maximum atomic E-state index is 12.8. The van der Waals surface area contributed by atoms with Crippen molar-refractivity contribution in [2.75, 3.05) is 24.2 Å². The lowest BCUT2D eigenvalue weighted by molar-refractivity contribution is 0.0114. The number of piperidine rings is 1. The van der Waals surface area contributed by atoms with Gasteiger partial charge in [0, 0.05) is 46.9 Å². The molecule has 1 saturated carbocycles. The van der Waals surface area contributed by atoms with Crippen LogP contribution in [0.3, 0.4) is 0 Å². The van der Waals surface area contributed by atoms with Crippen LogP contribution in [-0.4, -0.2) is 58.0 Å². The highest BCUT2D eigenvalue weighted by molar-refractivity contribution is 9.10. The number of carbonyl (C=O) groups is 1. The van der Waals surface area contributed by atoms with E-state index in [4.69, 9.17) is 4.74 Å². The number of carbonyl (C=O) groups excluding carboxylic acids is 1. The average Bonchev–Trinajstić information content (AvgIpc) is 3.53. The summed E-state index contributed by atoms with van der Waals surface area (Å²) in [7, 11) is 0. The number of aromatic nitrogens is 2. The number of hydrogen-bond acceptors (Lipinski definition) is 6. The van der Waals surface area contributed by atoms with E-state index in [1.54, 1.807) is 11.8 Å². The van der Waals surface area contributed by atoms with Crippen LogP contribution in [-0.2, 0) is 4.74 Å². The Balaban J connectivity index is 1.50. The second-order valence-corrected chi connectivity index (χ2v) is 10.7. The van der Waals surface area contributed by atoms with E-state index in [0.717, 1.165) is 65.0 Å². The fraction of sp³-hybridized carbons (Fsp3) is 0.591. The van der Waals surface area contributed by atoms with Gasteiger partial charge in [0.05, 0.1) is 5.52 Å². The first-order valence-corrected chi connectivity index (χ1v) is 12.5. The van der Waals surface area contributed by atoms with Crippen molar-refractivity contribution in [3.8, 4) is 0 Å². The minimum absolute atomic E-state index is 0.157. The van der Waals surface area contributed by atoms with Gasteiger partial charge in [0.15, 0.2) is 5.16 Å². The summed E-state index contributed by atoms with van der Waals surface area (Å²) in [6, 6.07) is 4.80. The minimum Gasteiger partial charge on any atom is -0.444 e. The highest BCUT2D eigenvalue weighted by Gasteiger charge is 2.40. The first kappa shape index (κ1) is 21.7. The number of halogens is 1. The molecular weight excluding hydrogens is 464 g/mol. The molecular formula is C22H29BrN4O2S. The van der Waals surface area contributed by atoms with Gasteiger partial charge in [-0.1, -0.05) is 11.8 Å². The van der Waals surface area contributed by atoms with E-state index in [9.17, 15) is 4.79 Å². The molecule has 0 spiro atoms. The van der Waals surface area contributed by atoms with Gasteiger partial charge in [-0.25, -0.2) is 14.8 Å². The van der Waals surface area contributed by atoms with Gasteiger partial charge in [-0.15, -0.1) is 0 Å². The Bertz CT molecular complexity index is 937. The van der Waals surface area contributed by atoms with E-state index in [0.29, 0.717) is 6.04 Å². The summed E-state index contributed by atoms with van der Waals surface area (Å²) in [6.45, 7) is 7.60. The molecule has 1 aromatic heterocycles. The number of rotatable bonds is 4. The van der Waals surface area contributed by atoms with E-state index in [-0.39, 0.29) is 12.1 Å². The van der Waals surface area contributed by atoms with Crippen LogP contribution in [0.2, 0.25) is 0 Å². The lowest BCUT2D eigenvalue weighted by Gasteiger charge is -2.40. The third-order valence-corrected chi connectivity index (χ3v) is 6.78. The lowest BCUT2D eigenvalue weighted by atomic mass is 10.0. The van der Waals surface area contributed by atoms with Crippen LogP contribution in [0.25, 0.3) is 10.9 Å². The second kappa shape index (κ2) is 8.54. The van der Waals surface area contributed by atoms with E-state index >= 15 is 0 Å². The molecule has 6 nitrogen and oxygen atoms in total. The van der Waals surface area contributed by atoms with Gasteiger partial charge >= 0.3 is 6.09 Å². The van der Waals surface area contributed by atoms with Crippen LogP contribution < -0.4 is 4.90 Å². The van der Waals surface area contributed by atoms with Crippen molar-refractivity contribution in [3.05, 3.63) is 22.8 Å². The third-order valence-electron chi connectivity index (χ3n) is 5.58. The van der Waals surface area contributed by atoms with E-state index in [1.807, 2.05) is 38.1 Å². The maximum absolute atomic E-state index is 12.8. The van der Waals surface area contributed by atoms with Crippen LogP contribution in [0, 0.1) is 0 Å². The largest absolute Gasteiger partial charge is 0.444 e. The summed E-state index contributed by atoms with van der Waals surface area (Å²) in [5.74, 6) is 0. The Morgan fingerprint density at radius 3 is 2.47 bits per heavy atom. The number of ether oxygens (including phenoxy) is 1. The fourth-order valence-corrected chi connectivity index (χ4v) is 4.85. The Morgan fingerprint density at radius 2 is 1.87 bits per heavy atom. The molecule has 1 saturated heterocycles. The Labute approximate surface area is 190 Å². The zero-order chi connectivity index (χ0) is 21.5. The molecule has 30 heavy (non-hydrogen) atoms. The predicted molar refractivity (Wildman–Crippen MR) is 125 cm³/mol. The lowest BCUT2D eigenvalue weighted by Crippen LogP contribution is -2.50. The van der Waals surface area contributed by atoms with Crippen molar-refractivity contribution in [1.82, 2.24) is 14.9 Å². The van der Waals surface area contributed by atoms with Crippen LogP contribution in [0.4, 0.5) is 10.5 Å². The SMILES string of the molecule is CSc1ncc2c(N3CCC(N(C(=O)OC(C)(C)C)C4CC4)CC3)ccc(Br)c2n1. The standard InChI is InChI=1S/C22H29BrN4O2S/c1-22(2,3)29-21(28)27(14-5-6-14)15-9-11-26(12-10-15)18-8-7-17(23)19-16(18)13-24-20(25-19)30-4/h7-8,13-15H,5-6,9-12H2,1-4H3. The molecule has 1 amide bonds. The summed E-state index contributed by atoms with van der Waals surface area (Å²) in [4.78, 5) is 26.4. The quantitative estimate of drug-likeness (QED) is 0.415. The molecule has 2 heterocycles. The third kappa shape index (κ3) is 4.69. The first-order chi connectivity index (χ1) is 14.3. The van der Waals surface area contributed by atoms with Gasteiger partial charge in [0.25, 0.3) is 0 Å². The molecule has 1 aliphatic heterocycles. The van der Waals surface area contributed by atoms with Crippen molar-refractivity contribution in [3.63, 3.8) is 0 Å².